The number of phenolic OH excluding ortho intramolecular Hbond substituents is 7. The molecule has 0 saturated carbocycles. The lowest BCUT2D eigenvalue weighted by atomic mass is 10.1. The van der Waals surface area contributed by atoms with Crippen molar-refractivity contribution in [1.29, 1.82) is 0 Å². The summed E-state index contributed by atoms with van der Waals surface area (Å²) in [4.78, 5) is 48.7. The molecule has 12 aromatic carbocycles. The fourth-order valence-electron chi connectivity index (χ4n) is 12.0. The summed E-state index contributed by atoms with van der Waals surface area (Å²) < 4.78 is 41.9. The molecule has 121 heavy (non-hydrogen) atoms. The molecule has 25 heteroatoms. The first-order valence-corrected chi connectivity index (χ1v) is 40.5. The first kappa shape index (κ1) is 83.9. The molecule has 0 radical (unpaired) electrons. The highest BCUT2D eigenvalue weighted by molar-refractivity contribution is 7.24. The van der Waals surface area contributed by atoms with E-state index in [1.807, 2.05) is 158 Å². The Morgan fingerprint density at radius 3 is 0.818 bits per heavy atom. The van der Waals surface area contributed by atoms with E-state index in [0.29, 0.717) is 46.0 Å². The number of aromatic hydroxyl groups is 7. The number of likely N-dealkylation sites (N-methyl/N-ethyl adjacent to an activating group) is 2. The Kier molecular flexibility index (Phi) is 27.3. The van der Waals surface area contributed by atoms with Gasteiger partial charge < -0.3 is 81.5 Å². The van der Waals surface area contributed by atoms with Gasteiger partial charge in [0.1, 0.15) is 69.1 Å². The van der Waals surface area contributed by atoms with Crippen LogP contribution in [-0.2, 0) is 19.2 Å². The van der Waals surface area contributed by atoms with Gasteiger partial charge in [0.05, 0.1) is 26.1 Å². The monoisotopic (exact) mass is 1690 g/mol. The second-order valence-corrected chi connectivity index (χ2v) is 30.8. The highest BCUT2D eigenvalue weighted by atomic mass is 32.1. The maximum Gasteiger partial charge on any atom is 0.244 e. The predicted octanol–water partition coefficient (Wildman–Crippen LogP) is 21.7. The van der Waals surface area contributed by atoms with Crippen LogP contribution < -0.4 is 40.6 Å². The number of phenols is 7. The maximum absolute atomic E-state index is 13.4. The quantitative estimate of drug-likeness (QED) is 0.0281. The minimum Gasteiger partial charge on any atom is -0.508 e. The molecule has 4 heterocycles. The van der Waals surface area contributed by atoms with Crippen molar-refractivity contribution in [1.82, 2.24) is 16.0 Å². The Morgan fingerprint density at radius 1 is 0.331 bits per heavy atom. The van der Waals surface area contributed by atoms with Crippen molar-refractivity contribution in [3.8, 4) is 128 Å². The summed E-state index contributed by atoms with van der Waals surface area (Å²) >= 11 is 5.98. The number of hydrogen-bond acceptors (Lipinski definition) is 20. The number of primary amides is 1. The summed E-state index contributed by atoms with van der Waals surface area (Å²) in [5, 5.41) is 88.2. The summed E-state index contributed by atoms with van der Waals surface area (Å²) in [6, 6.07) is 76.9. The zero-order valence-electron chi connectivity index (χ0n) is 64.4. The number of rotatable bonds is 22. The van der Waals surface area contributed by atoms with Crippen LogP contribution in [0.1, 0.15) is 22.3 Å². The van der Waals surface area contributed by atoms with Crippen molar-refractivity contribution in [2.75, 3.05) is 27.2 Å². The van der Waals surface area contributed by atoms with Crippen LogP contribution in [0, 0.1) is 5.82 Å². The van der Waals surface area contributed by atoms with Gasteiger partial charge in [0.2, 0.25) is 23.6 Å². The molecule has 606 valence electrons. The van der Waals surface area contributed by atoms with E-state index >= 15 is 0 Å². The van der Waals surface area contributed by atoms with Crippen LogP contribution >= 0.6 is 45.3 Å². The average molecular weight is 1690 g/mol. The van der Waals surface area contributed by atoms with Gasteiger partial charge in [0.25, 0.3) is 0 Å². The third-order valence-electron chi connectivity index (χ3n) is 18.0. The summed E-state index contributed by atoms with van der Waals surface area (Å²) in [6.07, 6.45) is 12.4. The smallest absolute Gasteiger partial charge is 0.244 e. The zero-order chi connectivity index (χ0) is 85.1. The number of carbonyl (C=O) groups excluding carboxylic acids is 4. The molecule has 0 atom stereocenters. The van der Waals surface area contributed by atoms with Crippen LogP contribution in [0.2, 0.25) is 0 Å². The molecule has 4 amide bonds. The fraction of sp³-hybridized carbons (Fsp3) is 0.0417. The number of ether oxygens (including phenoxy) is 4. The van der Waals surface area contributed by atoms with Gasteiger partial charge >= 0.3 is 0 Å². The molecule has 0 bridgehead atoms. The van der Waals surface area contributed by atoms with Crippen LogP contribution in [-0.4, -0.2) is 91.7 Å². The molecule has 13 N–H and O–H groups in total. The summed E-state index contributed by atoms with van der Waals surface area (Å²) in [7, 11) is 3.16. The van der Waals surface area contributed by atoms with Crippen LogP contribution in [0.3, 0.4) is 0 Å². The number of nitrogens with one attached hydrogen (secondary N) is 3. The van der Waals surface area contributed by atoms with Crippen LogP contribution in [0.5, 0.6) is 86.2 Å². The van der Waals surface area contributed by atoms with Crippen molar-refractivity contribution in [3.63, 3.8) is 0 Å². The van der Waals surface area contributed by atoms with Crippen molar-refractivity contribution in [2.45, 2.75) is 0 Å². The Morgan fingerprint density at radius 2 is 0.570 bits per heavy atom. The fourth-order valence-corrected chi connectivity index (χ4v) is 16.7. The molecule has 0 aliphatic heterocycles. The van der Waals surface area contributed by atoms with E-state index in [-0.39, 0.29) is 76.9 Å². The topological polar surface area (TPSA) is 329 Å². The highest BCUT2D eigenvalue weighted by Gasteiger charge is 2.23. The number of aliphatic hydroxyl groups excluding tert-OH is 1. The van der Waals surface area contributed by atoms with Crippen LogP contribution in [0.4, 0.5) is 4.39 Å². The minimum absolute atomic E-state index is 0.103. The number of aliphatic hydroxyl groups is 1. The van der Waals surface area contributed by atoms with E-state index in [1.54, 1.807) is 135 Å². The van der Waals surface area contributed by atoms with E-state index in [0.717, 1.165) is 104 Å². The third kappa shape index (κ3) is 22.0. The van der Waals surface area contributed by atoms with E-state index < -0.39 is 5.91 Å². The molecule has 0 aliphatic carbocycles. The van der Waals surface area contributed by atoms with Gasteiger partial charge in [-0.2, -0.15) is 0 Å². The van der Waals surface area contributed by atoms with Gasteiger partial charge in [-0.15, -0.1) is 45.3 Å². The minimum atomic E-state index is -0.503. The molecule has 20 nitrogen and oxygen atoms in total. The maximum atomic E-state index is 13.4. The zero-order valence-corrected chi connectivity index (χ0v) is 67.6. The summed E-state index contributed by atoms with van der Waals surface area (Å²) in [5.74, 6) is 5.11. The molecule has 0 fully saturated rings. The number of halogens is 1. The standard InChI is InChI=1S/C25H21NO5S.C24H18FNO3S.C24H19NO4S.C23H17NO4S/c27-14-13-26-23(30)12-3-16-1-9-20(10-2-16)31-24-21-11-8-19(29)15-22(21)32-25(24)17-4-6-18(28)7-5-17;1-26-22(28)13-4-15-2-10-19(11-3-15)29-23-20-12-9-18(27)14-21(20)30-24(23)16-5-7-17(25)8-6-16;1-25-22(28)13-4-15-2-10-19(11-3-15)29-23-20-12-9-18(27)14-21(20)30-24(23)16-5-7-17(26)8-6-16;24-21(27)12-3-14-1-9-18(10-2-14)28-22-19-11-8-17(26)13-20(19)29-23(22)15-4-6-16(25)7-5-15/h1-12,15,27-29H,13-14H2,(H,26,30);2-14,27H,1H3,(H,26,28);2-14,26-27H,1H3,(H,25,28);1-13,25-26H,(H2,24,27)/b12-3+;2*13-4+;12-3+. The molecule has 16 aromatic rings. The van der Waals surface area contributed by atoms with E-state index in [1.165, 1.54) is 81.8 Å². The molecular weight excluding hydrogens is 1610 g/mol. The van der Waals surface area contributed by atoms with Gasteiger partial charge in [0, 0.05) is 85.3 Å². The number of hydrogen-bond donors (Lipinski definition) is 12. The number of thiophene rings is 4. The molecule has 16 rings (SSSR count). The summed E-state index contributed by atoms with van der Waals surface area (Å²) in [5.41, 5.74) is 12.1. The van der Waals surface area contributed by atoms with E-state index in [9.17, 15) is 59.3 Å². The lowest BCUT2D eigenvalue weighted by Gasteiger charge is -2.09. The number of fused-ring (bicyclic) bond motifs is 4. The lowest BCUT2D eigenvalue weighted by Crippen LogP contribution is -2.24. The van der Waals surface area contributed by atoms with E-state index in [2.05, 4.69) is 16.0 Å². The Hall–Kier alpha value is -15.0. The normalized spacial score (nSPS) is 11.1. The lowest BCUT2D eigenvalue weighted by molar-refractivity contribution is -0.117. The molecular formula is C96H75FN4O16S4. The largest absolute Gasteiger partial charge is 0.508 e. The number of nitrogens with two attached hydrogens (primary N) is 1. The molecule has 0 unspecified atom stereocenters. The Labute approximate surface area is 708 Å². The summed E-state index contributed by atoms with van der Waals surface area (Å²) in [6.45, 7) is 0.111. The molecule has 0 spiro atoms. The third-order valence-corrected chi connectivity index (χ3v) is 22.8. The predicted molar refractivity (Wildman–Crippen MR) is 480 cm³/mol. The van der Waals surface area contributed by atoms with E-state index in [4.69, 9.17) is 29.8 Å². The Balaban J connectivity index is 0.000000139. The van der Waals surface area contributed by atoms with Gasteiger partial charge in [-0.1, -0.05) is 60.7 Å². The first-order valence-electron chi connectivity index (χ1n) is 37.2. The van der Waals surface area contributed by atoms with Gasteiger partial charge in [-0.3, -0.25) is 19.2 Å². The second-order valence-electron chi connectivity index (χ2n) is 26.6. The Bertz CT molecular complexity index is 6310. The van der Waals surface area contributed by atoms with Crippen LogP contribution in [0.15, 0.2) is 291 Å². The molecule has 0 aliphatic rings. The molecule has 0 saturated heterocycles. The average Bonchev–Trinajstić information content (AvgIpc) is 1.65. The molecule has 4 aromatic heterocycles. The van der Waals surface area contributed by atoms with Gasteiger partial charge in [-0.05, 0) is 275 Å². The van der Waals surface area contributed by atoms with Crippen molar-refractivity contribution >= 4 is 134 Å². The second kappa shape index (κ2) is 39.3. The van der Waals surface area contributed by atoms with Crippen molar-refractivity contribution in [3.05, 3.63) is 319 Å². The first-order chi connectivity index (χ1) is 58.6. The van der Waals surface area contributed by atoms with Crippen molar-refractivity contribution in [2.24, 2.45) is 5.73 Å². The van der Waals surface area contributed by atoms with Gasteiger partial charge in [-0.25, -0.2) is 4.39 Å². The van der Waals surface area contributed by atoms with Crippen LogP contribution in [0.25, 0.3) is 106 Å². The number of carbonyl (C=O) groups is 4. The van der Waals surface area contributed by atoms with Crippen molar-refractivity contribution < 1.29 is 83.4 Å². The highest BCUT2D eigenvalue weighted by Crippen LogP contribution is 2.52. The SMILES string of the molecule is CNC(=O)/C=C/c1ccc(Oc2c(-c3ccc(F)cc3)sc3cc(O)ccc23)cc1.CNC(=O)/C=C/c1ccc(Oc2c(-c3ccc(O)cc3)sc3cc(O)ccc23)cc1.NC(=O)/C=C/c1ccc(Oc2c(-c3ccc(O)cc3)sc3cc(O)ccc23)cc1.O=C(/C=C/c1ccc(Oc2c(-c3ccc(O)cc3)sc3cc(O)ccc23)cc1)NCCO. The number of amides is 4. The van der Waals surface area contributed by atoms with Gasteiger partial charge in [0.15, 0.2) is 23.0 Å². The number of benzene rings is 12.